The van der Waals surface area contributed by atoms with E-state index in [9.17, 15) is 4.79 Å². The summed E-state index contributed by atoms with van der Waals surface area (Å²) < 4.78 is 10.8. The van der Waals surface area contributed by atoms with Crippen LogP contribution >= 0.6 is 0 Å². The molecule has 1 aliphatic rings. The molecular formula is C14H20N2O3. The number of nitrogens with two attached hydrogens (primary N) is 1. The van der Waals surface area contributed by atoms with Gasteiger partial charge < -0.3 is 20.1 Å². The predicted molar refractivity (Wildman–Crippen MR) is 73.0 cm³/mol. The Morgan fingerprint density at radius 3 is 2.84 bits per heavy atom. The van der Waals surface area contributed by atoms with Crippen LogP contribution in [-0.2, 0) is 9.53 Å². The molecule has 1 saturated heterocycles. The van der Waals surface area contributed by atoms with Crippen molar-refractivity contribution < 1.29 is 14.3 Å². The van der Waals surface area contributed by atoms with Crippen LogP contribution in [0.25, 0.3) is 0 Å². The van der Waals surface area contributed by atoms with Crippen molar-refractivity contribution in [3.8, 4) is 5.75 Å². The lowest BCUT2D eigenvalue weighted by atomic mass is 10.3. The summed E-state index contributed by atoms with van der Waals surface area (Å²) in [4.78, 5) is 13.8. The number of amides is 1. The highest BCUT2D eigenvalue weighted by molar-refractivity contribution is 5.76. The van der Waals surface area contributed by atoms with Gasteiger partial charge in [-0.05, 0) is 30.7 Å². The zero-order valence-corrected chi connectivity index (χ0v) is 11.0. The molecule has 2 N–H and O–H groups in total. The zero-order valence-electron chi connectivity index (χ0n) is 11.0. The molecule has 19 heavy (non-hydrogen) atoms. The summed E-state index contributed by atoms with van der Waals surface area (Å²) in [5.41, 5.74) is 6.29. The van der Waals surface area contributed by atoms with E-state index in [0.717, 1.165) is 25.3 Å². The van der Waals surface area contributed by atoms with Crippen molar-refractivity contribution in [3.63, 3.8) is 0 Å². The molecule has 0 saturated carbocycles. The first-order valence-electron chi connectivity index (χ1n) is 6.59. The van der Waals surface area contributed by atoms with Gasteiger partial charge in [0.05, 0.1) is 19.6 Å². The van der Waals surface area contributed by atoms with Gasteiger partial charge in [0.2, 0.25) is 5.91 Å². The summed E-state index contributed by atoms with van der Waals surface area (Å²) >= 11 is 0. The summed E-state index contributed by atoms with van der Waals surface area (Å²) in [6, 6.07) is 7.17. The third-order valence-electron chi connectivity index (χ3n) is 3.04. The van der Waals surface area contributed by atoms with Crippen molar-refractivity contribution in [1.29, 1.82) is 0 Å². The highest BCUT2D eigenvalue weighted by Crippen LogP contribution is 2.13. The number of hydrogen-bond acceptors (Lipinski definition) is 4. The predicted octanol–water partition coefficient (Wildman–Crippen LogP) is 1.29. The molecule has 5 heteroatoms. The fraction of sp³-hybridized carbons (Fsp3) is 0.500. The Morgan fingerprint density at radius 1 is 1.26 bits per heavy atom. The molecule has 2 rings (SSSR count). The quantitative estimate of drug-likeness (QED) is 0.832. The van der Waals surface area contributed by atoms with Gasteiger partial charge in [0.15, 0.2) is 0 Å². The van der Waals surface area contributed by atoms with E-state index in [1.54, 1.807) is 24.3 Å². The van der Waals surface area contributed by atoms with Crippen LogP contribution < -0.4 is 10.5 Å². The molecule has 0 atom stereocenters. The number of benzene rings is 1. The number of carbonyl (C=O) groups excluding carboxylic acids is 1. The second-order valence-electron chi connectivity index (χ2n) is 4.51. The average molecular weight is 264 g/mol. The summed E-state index contributed by atoms with van der Waals surface area (Å²) in [6.45, 7) is 3.22. The Morgan fingerprint density at radius 2 is 2.05 bits per heavy atom. The summed E-state index contributed by atoms with van der Waals surface area (Å²) in [7, 11) is 0. The molecular weight excluding hydrogens is 244 g/mol. The van der Waals surface area contributed by atoms with Gasteiger partial charge in [-0.25, -0.2) is 0 Å². The fourth-order valence-corrected chi connectivity index (χ4v) is 1.97. The fourth-order valence-electron chi connectivity index (χ4n) is 1.97. The number of rotatable bonds is 4. The molecule has 0 spiro atoms. The Bertz CT molecular complexity index is 398. The lowest BCUT2D eigenvalue weighted by Gasteiger charge is -2.19. The maximum atomic E-state index is 12.0. The van der Waals surface area contributed by atoms with Gasteiger partial charge in [0.1, 0.15) is 5.75 Å². The molecule has 1 heterocycles. The third-order valence-corrected chi connectivity index (χ3v) is 3.04. The lowest BCUT2D eigenvalue weighted by molar-refractivity contribution is -0.131. The van der Waals surface area contributed by atoms with Crippen LogP contribution in [0.1, 0.15) is 12.8 Å². The number of ether oxygens (including phenoxy) is 2. The van der Waals surface area contributed by atoms with E-state index in [0.29, 0.717) is 31.9 Å². The molecule has 1 aromatic rings. The molecule has 0 radical (unpaired) electrons. The van der Waals surface area contributed by atoms with E-state index >= 15 is 0 Å². The summed E-state index contributed by atoms with van der Waals surface area (Å²) in [5.74, 6) is 0.863. The Hall–Kier alpha value is -1.75. The highest BCUT2D eigenvalue weighted by Gasteiger charge is 2.15. The number of anilines is 1. The molecule has 0 aliphatic carbocycles. The second kappa shape index (κ2) is 6.99. The molecule has 104 valence electrons. The first kappa shape index (κ1) is 13.7. The van der Waals surface area contributed by atoms with Gasteiger partial charge in [-0.3, -0.25) is 4.79 Å². The van der Waals surface area contributed by atoms with Gasteiger partial charge in [-0.1, -0.05) is 0 Å². The molecule has 0 bridgehead atoms. The topological polar surface area (TPSA) is 64.8 Å². The largest absolute Gasteiger partial charge is 0.493 e. The first-order chi connectivity index (χ1) is 9.25. The van der Waals surface area contributed by atoms with Crippen molar-refractivity contribution in [2.75, 3.05) is 38.6 Å². The number of nitrogens with zero attached hydrogens (tertiary/aromatic N) is 1. The lowest BCUT2D eigenvalue weighted by Crippen LogP contribution is -2.34. The minimum atomic E-state index is 0.126. The Labute approximate surface area is 113 Å². The zero-order chi connectivity index (χ0) is 13.5. The van der Waals surface area contributed by atoms with Crippen molar-refractivity contribution in [2.24, 2.45) is 0 Å². The smallest absolute Gasteiger partial charge is 0.226 e. The molecule has 1 fully saturated rings. The van der Waals surface area contributed by atoms with E-state index in [4.69, 9.17) is 15.2 Å². The highest BCUT2D eigenvalue weighted by atomic mass is 16.5. The van der Waals surface area contributed by atoms with Crippen LogP contribution in [0, 0.1) is 0 Å². The van der Waals surface area contributed by atoms with Gasteiger partial charge in [-0.15, -0.1) is 0 Å². The van der Waals surface area contributed by atoms with E-state index in [1.165, 1.54) is 0 Å². The van der Waals surface area contributed by atoms with Crippen LogP contribution in [0.15, 0.2) is 24.3 Å². The summed E-state index contributed by atoms with van der Waals surface area (Å²) in [5, 5.41) is 0. The van der Waals surface area contributed by atoms with E-state index in [2.05, 4.69) is 0 Å². The Kier molecular flexibility index (Phi) is 5.03. The van der Waals surface area contributed by atoms with Crippen molar-refractivity contribution in [2.45, 2.75) is 12.8 Å². The number of nitrogen functional groups attached to an aromatic ring is 1. The second-order valence-corrected chi connectivity index (χ2v) is 4.51. The van der Waals surface area contributed by atoms with E-state index in [1.807, 2.05) is 4.90 Å². The SMILES string of the molecule is Nc1ccc(OCCC(=O)N2CCCOCC2)cc1. The minimum Gasteiger partial charge on any atom is -0.493 e. The van der Waals surface area contributed by atoms with Gasteiger partial charge in [0, 0.05) is 25.4 Å². The van der Waals surface area contributed by atoms with Gasteiger partial charge >= 0.3 is 0 Å². The molecule has 5 nitrogen and oxygen atoms in total. The van der Waals surface area contributed by atoms with Gasteiger partial charge in [-0.2, -0.15) is 0 Å². The molecule has 0 aromatic heterocycles. The van der Waals surface area contributed by atoms with E-state index in [-0.39, 0.29) is 5.91 Å². The molecule has 0 unspecified atom stereocenters. The number of hydrogen-bond donors (Lipinski definition) is 1. The maximum Gasteiger partial charge on any atom is 0.226 e. The average Bonchev–Trinajstić information content (AvgIpc) is 2.70. The van der Waals surface area contributed by atoms with Crippen molar-refractivity contribution in [1.82, 2.24) is 4.90 Å². The van der Waals surface area contributed by atoms with Crippen LogP contribution in [-0.4, -0.2) is 43.7 Å². The minimum absolute atomic E-state index is 0.126. The molecule has 1 amide bonds. The number of carbonyl (C=O) groups is 1. The van der Waals surface area contributed by atoms with Crippen molar-refractivity contribution in [3.05, 3.63) is 24.3 Å². The standard InChI is InChI=1S/C14H20N2O3/c15-12-2-4-13(5-3-12)19-10-6-14(17)16-7-1-9-18-11-8-16/h2-5H,1,6-11,15H2. The normalized spacial score (nSPS) is 15.9. The van der Waals surface area contributed by atoms with Crippen molar-refractivity contribution >= 4 is 11.6 Å². The van der Waals surface area contributed by atoms with Crippen LogP contribution in [0.4, 0.5) is 5.69 Å². The van der Waals surface area contributed by atoms with Crippen LogP contribution in [0.2, 0.25) is 0 Å². The van der Waals surface area contributed by atoms with Crippen LogP contribution in [0.3, 0.4) is 0 Å². The van der Waals surface area contributed by atoms with E-state index < -0.39 is 0 Å². The van der Waals surface area contributed by atoms with Gasteiger partial charge in [0.25, 0.3) is 0 Å². The van der Waals surface area contributed by atoms with Crippen LogP contribution in [0.5, 0.6) is 5.75 Å². The monoisotopic (exact) mass is 264 g/mol. The molecule has 1 aliphatic heterocycles. The first-order valence-corrected chi connectivity index (χ1v) is 6.59. The maximum absolute atomic E-state index is 12.0. The third kappa shape index (κ3) is 4.44. The summed E-state index contributed by atoms with van der Waals surface area (Å²) in [6.07, 6.45) is 1.30. The molecule has 1 aromatic carbocycles. The Balaban J connectivity index is 1.72.